The SMILES string of the molecule is C[C@@H]1O[C@@H](O[C@H]2[C@H](O)[C@@H](CO)O[C@@H](O)[C@@H]2O[C@@H]2O[C@H](CO)[C@@H](O)[C@H](O)[C@H]2O)[C@H](O)[C@H](O)[C@H]1O. The van der Waals surface area contributed by atoms with Crippen LogP contribution in [-0.4, -0.2) is 156 Å². The van der Waals surface area contributed by atoms with Crippen molar-refractivity contribution in [2.24, 2.45) is 0 Å². The second kappa shape index (κ2) is 11.0. The van der Waals surface area contributed by atoms with Crippen LogP contribution in [0, 0.1) is 0 Å². The van der Waals surface area contributed by atoms with Crippen LogP contribution >= 0.6 is 0 Å². The molecule has 0 unspecified atom stereocenters. The number of aliphatic hydroxyl groups excluding tert-OH is 10. The van der Waals surface area contributed by atoms with Crippen LogP contribution in [0.3, 0.4) is 0 Å². The maximum atomic E-state index is 10.6. The minimum absolute atomic E-state index is 0.746. The highest BCUT2D eigenvalue weighted by Crippen LogP contribution is 2.32. The quantitative estimate of drug-likeness (QED) is 0.167. The molecule has 0 aromatic rings. The Bertz CT molecular complexity index is 624. The third-order valence-electron chi connectivity index (χ3n) is 6.06. The van der Waals surface area contributed by atoms with E-state index in [4.69, 9.17) is 23.7 Å². The lowest BCUT2D eigenvalue weighted by Gasteiger charge is -2.48. The average molecular weight is 488 g/mol. The predicted octanol–water partition coefficient (Wildman–Crippen LogP) is -6.55. The molecule has 0 aromatic carbocycles. The Morgan fingerprint density at radius 3 is 1.61 bits per heavy atom. The highest BCUT2D eigenvalue weighted by Gasteiger charge is 2.53. The molecule has 0 amide bonds. The fourth-order valence-corrected chi connectivity index (χ4v) is 3.97. The molecule has 0 aliphatic carbocycles. The van der Waals surface area contributed by atoms with Gasteiger partial charge in [-0.3, -0.25) is 0 Å². The lowest BCUT2D eigenvalue weighted by Crippen LogP contribution is -2.66. The van der Waals surface area contributed by atoms with Crippen molar-refractivity contribution >= 4 is 0 Å². The Hall–Kier alpha value is -0.600. The van der Waals surface area contributed by atoms with Crippen LogP contribution in [0.25, 0.3) is 0 Å². The van der Waals surface area contributed by atoms with E-state index >= 15 is 0 Å². The second-order valence-electron chi connectivity index (χ2n) is 8.32. The molecular formula is C18H32O15. The van der Waals surface area contributed by atoms with Gasteiger partial charge in [0.05, 0.1) is 19.3 Å². The van der Waals surface area contributed by atoms with E-state index in [2.05, 4.69) is 0 Å². The monoisotopic (exact) mass is 488 g/mol. The zero-order chi connectivity index (χ0) is 24.6. The summed E-state index contributed by atoms with van der Waals surface area (Å²) in [6, 6.07) is 0. The van der Waals surface area contributed by atoms with Crippen molar-refractivity contribution in [1.29, 1.82) is 0 Å². The molecule has 3 fully saturated rings. The van der Waals surface area contributed by atoms with E-state index in [0.29, 0.717) is 0 Å². The number of hydrogen-bond acceptors (Lipinski definition) is 15. The van der Waals surface area contributed by atoms with E-state index in [1.54, 1.807) is 0 Å². The molecule has 3 rings (SSSR count). The fourth-order valence-electron chi connectivity index (χ4n) is 3.97. The van der Waals surface area contributed by atoms with E-state index in [0.717, 1.165) is 0 Å². The Labute approximate surface area is 187 Å². The molecule has 194 valence electrons. The zero-order valence-electron chi connectivity index (χ0n) is 17.6. The van der Waals surface area contributed by atoms with Gasteiger partial charge in [0.2, 0.25) is 0 Å². The third-order valence-corrected chi connectivity index (χ3v) is 6.06. The highest BCUT2D eigenvalue weighted by atomic mass is 16.8. The molecule has 0 saturated carbocycles. The first-order valence-electron chi connectivity index (χ1n) is 10.4. The Balaban J connectivity index is 1.82. The minimum atomic E-state index is -1.89. The first-order valence-corrected chi connectivity index (χ1v) is 10.4. The molecule has 15 atom stereocenters. The van der Waals surface area contributed by atoms with Gasteiger partial charge in [-0.2, -0.15) is 0 Å². The lowest BCUT2D eigenvalue weighted by molar-refractivity contribution is -0.386. The Morgan fingerprint density at radius 2 is 1.03 bits per heavy atom. The van der Waals surface area contributed by atoms with Gasteiger partial charge in [0, 0.05) is 0 Å². The molecular weight excluding hydrogens is 456 g/mol. The molecule has 33 heavy (non-hydrogen) atoms. The molecule has 3 heterocycles. The standard InChI is InChI=1S/C18H32O15/c1-4-7(21)10(24)12(26)17(29-4)32-14-9(23)6(3-20)30-16(28)15(14)33-18-13(27)11(25)8(22)5(2-19)31-18/h4-28H,2-3H2,1H3/t4-,5+,6+,7-,8+,9+,10+,11-,12+,13+,14-,15+,16+,17-,18-/m0/s1. The maximum Gasteiger partial charge on any atom is 0.187 e. The van der Waals surface area contributed by atoms with E-state index in [1.165, 1.54) is 6.92 Å². The van der Waals surface area contributed by atoms with Crippen LogP contribution in [0.4, 0.5) is 0 Å². The van der Waals surface area contributed by atoms with Gasteiger partial charge < -0.3 is 74.7 Å². The van der Waals surface area contributed by atoms with Crippen LogP contribution in [0.2, 0.25) is 0 Å². The van der Waals surface area contributed by atoms with Gasteiger partial charge in [0.1, 0.15) is 67.1 Å². The first-order chi connectivity index (χ1) is 15.5. The molecule has 3 saturated heterocycles. The maximum absolute atomic E-state index is 10.6. The molecule has 0 bridgehead atoms. The number of hydrogen-bond donors (Lipinski definition) is 10. The average Bonchev–Trinajstić information content (AvgIpc) is 2.79. The number of rotatable bonds is 6. The van der Waals surface area contributed by atoms with Gasteiger partial charge in [-0.1, -0.05) is 0 Å². The van der Waals surface area contributed by atoms with Gasteiger partial charge in [-0.25, -0.2) is 0 Å². The van der Waals surface area contributed by atoms with Crippen LogP contribution in [0.15, 0.2) is 0 Å². The molecule has 3 aliphatic rings. The van der Waals surface area contributed by atoms with Crippen LogP contribution in [-0.2, 0) is 23.7 Å². The van der Waals surface area contributed by atoms with Crippen LogP contribution in [0.5, 0.6) is 0 Å². The number of ether oxygens (including phenoxy) is 5. The van der Waals surface area contributed by atoms with Gasteiger partial charge in [-0.05, 0) is 6.92 Å². The van der Waals surface area contributed by atoms with Crippen molar-refractivity contribution in [3.8, 4) is 0 Å². The van der Waals surface area contributed by atoms with Crippen molar-refractivity contribution in [3.63, 3.8) is 0 Å². The first kappa shape index (κ1) is 27.0. The van der Waals surface area contributed by atoms with Crippen molar-refractivity contribution in [1.82, 2.24) is 0 Å². The smallest absolute Gasteiger partial charge is 0.187 e. The summed E-state index contributed by atoms with van der Waals surface area (Å²) in [6.07, 6.45) is -24.1. The summed E-state index contributed by atoms with van der Waals surface area (Å²) in [6.45, 7) is -0.107. The van der Waals surface area contributed by atoms with E-state index in [9.17, 15) is 51.1 Å². The Morgan fingerprint density at radius 1 is 0.545 bits per heavy atom. The summed E-state index contributed by atoms with van der Waals surface area (Å²) in [4.78, 5) is 0. The summed E-state index contributed by atoms with van der Waals surface area (Å²) in [7, 11) is 0. The van der Waals surface area contributed by atoms with Gasteiger partial charge >= 0.3 is 0 Å². The lowest BCUT2D eigenvalue weighted by atomic mass is 9.96. The van der Waals surface area contributed by atoms with Crippen molar-refractivity contribution in [2.75, 3.05) is 13.2 Å². The Kier molecular flexibility index (Phi) is 8.99. The summed E-state index contributed by atoms with van der Waals surface area (Å²) in [5.74, 6) is 0. The molecule has 0 radical (unpaired) electrons. The second-order valence-corrected chi connectivity index (χ2v) is 8.32. The summed E-state index contributed by atoms with van der Waals surface area (Å²) >= 11 is 0. The van der Waals surface area contributed by atoms with Crippen molar-refractivity contribution in [3.05, 3.63) is 0 Å². The van der Waals surface area contributed by atoms with Crippen molar-refractivity contribution < 1.29 is 74.7 Å². The van der Waals surface area contributed by atoms with Gasteiger partial charge in [-0.15, -0.1) is 0 Å². The third kappa shape index (κ3) is 5.32. The molecule has 15 heteroatoms. The molecule has 10 N–H and O–H groups in total. The molecule has 0 spiro atoms. The predicted molar refractivity (Wildman–Crippen MR) is 99.8 cm³/mol. The van der Waals surface area contributed by atoms with E-state index in [-0.39, 0.29) is 0 Å². The topological polar surface area (TPSA) is 248 Å². The molecule has 0 aromatic heterocycles. The summed E-state index contributed by atoms with van der Waals surface area (Å²) < 4.78 is 26.7. The summed E-state index contributed by atoms with van der Waals surface area (Å²) in [5.41, 5.74) is 0. The van der Waals surface area contributed by atoms with Crippen LogP contribution in [0.1, 0.15) is 6.92 Å². The van der Waals surface area contributed by atoms with Gasteiger partial charge in [0.15, 0.2) is 18.9 Å². The molecule has 15 nitrogen and oxygen atoms in total. The highest BCUT2D eigenvalue weighted by molar-refractivity contribution is 4.95. The number of aliphatic hydroxyl groups is 10. The van der Waals surface area contributed by atoms with E-state index < -0.39 is 105 Å². The van der Waals surface area contributed by atoms with Crippen molar-refractivity contribution in [2.45, 2.75) is 99.0 Å². The minimum Gasteiger partial charge on any atom is -0.394 e. The normalized spacial score (nSPS) is 53.7. The molecule has 3 aliphatic heterocycles. The largest absolute Gasteiger partial charge is 0.394 e. The van der Waals surface area contributed by atoms with E-state index in [1.807, 2.05) is 0 Å². The fraction of sp³-hybridized carbons (Fsp3) is 1.00. The summed E-state index contributed by atoms with van der Waals surface area (Å²) in [5, 5.41) is 100.0. The van der Waals surface area contributed by atoms with Gasteiger partial charge in [0.25, 0.3) is 0 Å². The zero-order valence-corrected chi connectivity index (χ0v) is 17.6. The van der Waals surface area contributed by atoms with Crippen LogP contribution < -0.4 is 0 Å².